The molecule has 0 aromatic heterocycles. The van der Waals surface area contributed by atoms with Gasteiger partial charge in [-0.3, -0.25) is 0 Å². The SMILES string of the molecule is CC1(C)[C@@H]2CC([O][Hg])C(O)[C@H]1C2. The van der Waals surface area contributed by atoms with Crippen LogP contribution in [0.15, 0.2) is 0 Å². The Labute approximate surface area is 90.3 Å². The first-order valence-electron chi connectivity index (χ1n) is 4.66. The van der Waals surface area contributed by atoms with E-state index in [-0.39, 0.29) is 12.2 Å². The Bertz CT molecular complexity index is 193. The Morgan fingerprint density at radius 3 is 2.50 bits per heavy atom. The minimum atomic E-state index is -0.178. The van der Waals surface area contributed by atoms with Crippen molar-refractivity contribution >= 4 is 0 Å². The van der Waals surface area contributed by atoms with Gasteiger partial charge >= 0.3 is 90.5 Å². The molecular weight excluding hydrogens is 341 g/mol. The molecule has 3 fully saturated rings. The number of fused-ring (bicyclic) bond motifs is 2. The molecule has 0 aromatic carbocycles. The molecule has 0 heterocycles. The maximum absolute atomic E-state index is 9.92. The summed E-state index contributed by atoms with van der Waals surface area (Å²) in [5.41, 5.74) is 0.377. The molecule has 0 amide bonds. The molecule has 0 aromatic rings. The molecule has 0 saturated heterocycles. The van der Waals surface area contributed by atoms with Crippen LogP contribution in [0.3, 0.4) is 0 Å². The van der Waals surface area contributed by atoms with Gasteiger partial charge in [0.05, 0.1) is 0 Å². The Hall–Kier alpha value is 0.855. The minimum absolute atomic E-state index is 0.178. The molecule has 65 valence electrons. The molecule has 3 aliphatic carbocycles. The first-order chi connectivity index (χ1) is 5.57. The van der Waals surface area contributed by atoms with Crippen LogP contribution in [0, 0.1) is 17.3 Å². The number of aliphatic hydroxyl groups is 1. The van der Waals surface area contributed by atoms with Gasteiger partial charge in [0.2, 0.25) is 0 Å². The predicted molar refractivity (Wildman–Crippen MR) is 40.9 cm³/mol. The second kappa shape index (κ2) is 2.92. The number of rotatable bonds is 1. The summed E-state index contributed by atoms with van der Waals surface area (Å²) in [5, 5.41) is 9.92. The average Bonchev–Trinajstić information content (AvgIpc) is 2.03. The van der Waals surface area contributed by atoms with Crippen LogP contribution in [0.1, 0.15) is 26.7 Å². The Morgan fingerprint density at radius 1 is 1.42 bits per heavy atom. The van der Waals surface area contributed by atoms with Crippen molar-refractivity contribution in [3.05, 3.63) is 0 Å². The van der Waals surface area contributed by atoms with Gasteiger partial charge in [0, 0.05) is 0 Å². The number of hydrogen-bond acceptors (Lipinski definition) is 2. The van der Waals surface area contributed by atoms with E-state index in [2.05, 4.69) is 13.8 Å². The zero-order valence-corrected chi connectivity index (χ0v) is 13.3. The third kappa shape index (κ3) is 1.11. The summed E-state index contributed by atoms with van der Waals surface area (Å²) in [4.78, 5) is 0. The summed E-state index contributed by atoms with van der Waals surface area (Å²) >= 11 is 0.376. The monoisotopic (exact) mass is 357 g/mol. The fourth-order valence-electron chi connectivity index (χ4n) is 2.88. The number of aliphatic hydroxyl groups excluding tert-OH is 1. The maximum atomic E-state index is 9.92. The van der Waals surface area contributed by atoms with Gasteiger partial charge < -0.3 is 0 Å². The van der Waals surface area contributed by atoms with Crippen LogP contribution in [-0.2, 0) is 29.2 Å². The van der Waals surface area contributed by atoms with E-state index in [0.29, 0.717) is 37.9 Å². The van der Waals surface area contributed by atoms with Gasteiger partial charge in [-0.05, 0) is 0 Å². The molecule has 3 rings (SSSR count). The van der Waals surface area contributed by atoms with Gasteiger partial charge in [0.15, 0.2) is 0 Å². The Morgan fingerprint density at radius 2 is 2.08 bits per heavy atom. The van der Waals surface area contributed by atoms with Gasteiger partial charge in [-0.1, -0.05) is 0 Å². The van der Waals surface area contributed by atoms with Gasteiger partial charge in [0.25, 0.3) is 0 Å². The molecule has 0 spiro atoms. The van der Waals surface area contributed by atoms with Crippen molar-refractivity contribution in [2.45, 2.75) is 38.9 Å². The zero-order chi connectivity index (χ0) is 8.93. The molecule has 2 bridgehead atoms. The Balaban J connectivity index is 2.11. The standard InChI is InChI=1S/C9H15O2.Hg/c1-9(2)5-3-6(9)8(11)7(10)4-5;/h5-8,11H,3-4H2,1-2H3;/q-1;+1/t5-,6+,7?,8?;/m0./s1. The van der Waals surface area contributed by atoms with Crippen molar-refractivity contribution in [2.24, 2.45) is 17.3 Å². The van der Waals surface area contributed by atoms with Crippen LogP contribution in [-0.4, -0.2) is 17.3 Å². The van der Waals surface area contributed by atoms with Crippen LogP contribution in [0.5, 0.6) is 0 Å². The summed E-state index contributed by atoms with van der Waals surface area (Å²) in [6, 6.07) is 0. The molecule has 3 saturated carbocycles. The quantitative estimate of drug-likeness (QED) is 0.718. The predicted octanol–water partition coefficient (Wildman–Crippen LogP) is 1.26. The second-order valence-electron chi connectivity index (χ2n) is 4.79. The topological polar surface area (TPSA) is 29.5 Å². The normalized spacial score (nSPS) is 50.1. The first-order valence-corrected chi connectivity index (χ1v) is 6.90. The van der Waals surface area contributed by atoms with E-state index in [1.54, 1.807) is 0 Å². The first kappa shape index (κ1) is 9.41. The second-order valence-corrected chi connectivity index (χ2v) is 6.09. The van der Waals surface area contributed by atoms with Crippen LogP contribution in [0.25, 0.3) is 0 Å². The molecule has 12 heavy (non-hydrogen) atoms. The molecule has 2 unspecified atom stereocenters. The van der Waals surface area contributed by atoms with E-state index in [4.69, 9.17) is 2.64 Å². The molecule has 4 atom stereocenters. The van der Waals surface area contributed by atoms with Crippen molar-refractivity contribution in [1.82, 2.24) is 0 Å². The molecular formula is C9H15HgO2. The van der Waals surface area contributed by atoms with Crippen molar-refractivity contribution in [1.29, 1.82) is 0 Å². The summed E-state index contributed by atoms with van der Waals surface area (Å²) in [7, 11) is 0. The fraction of sp³-hybridized carbons (Fsp3) is 1.00. The molecule has 0 aliphatic heterocycles. The van der Waals surface area contributed by atoms with Gasteiger partial charge in [-0.2, -0.15) is 0 Å². The molecule has 1 N–H and O–H groups in total. The van der Waals surface area contributed by atoms with Crippen molar-refractivity contribution < 1.29 is 34.3 Å². The van der Waals surface area contributed by atoms with Crippen LogP contribution in [0.4, 0.5) is 0 Å². The summed E-state index contributed by atoms with van der Waals surface area (Å²) in [6.45, 7) is 4.56. The van der Waals surface area contributed by atoms with Crippen LogP contribution >= 0.6 is 0 Å². The number of hydrogen-bond donors (Lipinski definition) is 1. The summed E-state index contributed by atoms with van der Waals surface area (Å²) in [5.74, 6) is 1.31. The van der Waals surface area contributed by atoms with Crippen LogP contribution < -0.4 is 0 Å². The van der Waals surface area contributed by atoms with E-state index in [0.717, 1.165) is 12.3 Å². The third-order valence-electron chi connectivity index (χ3n) is 4.07. The van der Waals surface area contributed by atoms with Crippen molar-refractivity contribution in [2.75, 3.05) is 0 Å². The molecule has 0 radical (unpaired) electrons. The van der Waals surface area contributed by atoms with E-state index in [1.807, 2.05) is 0 Å². The van der Waals surface area contributed by atoms with Gasteiger partial charge in [-0.25, -0.2) is 0 Å². The van der Waals surface area contributed by atoms with Crippen molar-refractivity contribution in [3.63, 3.8) is 0 Å². The van der Waals surface area contributed by atoms with Crippen LogP contribution in [0.2, 0.25) is 0 Å². The molecule has 2 nitrogen and oxygen atoms in total. The summed E-state index contributed by atoms with van der Waals surface area (Å²) in [6.07, 6.45) is 2.32. The van der Waals surface area contributed by atoms with Crippen molar-refractivity contribution in [3.8, 4) is 0 Å². The van der Waals surface area contributed by atoms with E-state index < -0.39 is 0 Å². The van der Waals surface area contributed by atoms with Gasteiger partial charge in [-0.15, -0.1) is 0 Å². The van der Waals surface area contributed by atoms with Gasteiger partial charge in [0.1, 0.15) is 0 Å². The Kier molecular flexibility index (Phi) is 2.29. The third-order valence-corrected chi connectivity index (χ3v) is 5.73. The zero-order valence-electron chi connectivity index (χ0n) is 7.79. The fourth-order valence-corrected chi connectivity index (χ4v) is 4.18. The summed E-state index contributed by atoms with van der Waals surface area (Å²) < 4.78 is 5.44. The molecule has 3 heteroatoms. The molecule has 3 aliphatic rings. The van der Waals surface area contributed by atoms with E-state index >= 15 is 0 Å². The van der Waals surface area contributed by atoms with E-state index in [9.17, 15) is 5.11 Å². The average molecular weight is 356 g/mol. The van der Waals surface area contributed by atoms with E-state index in [1.165, 1.54) is 6.42 Å².